The molecule has 0 aromatic heterocycles. The van der Waals surface area contributed by atoms with E-state index in [0.717, 1.165) is 6.42 Å². The Morgan fingerprint density at radius 2 is 1.83 bits per heavy atom. The summed E-state index contributed by atoms with van der Waals surface area (Å²) in [4.78, 5) is 36.9. The molecule has 9 nitrogen and oxygen atoms in total. The molecule has 2 amide bonds. The Balaban J connectivity index is 2.03. The Kier molecular flexibility index (Phi) is 7.74. The van der Waals surface area contributed by atoms with E-state index in [9.17, 15) is 22.8 Å². The summed E-state index contributed by atoms with van der Waals surface area (Å²) in [6.07, 6.45) is 0.750. The average Bonchev–Trinajstić information content (AvgIpc) is 2.72. The minimum atomic E-state index is -3.81. The molecule has 1 atom stereocenters. The van der Waals surface area contributed by atoms with Gasteiger partial charge in [-0.3, -0.25) is 9.59 Å². The van der Waals surface area contributed by atoms with E-state index < -0.39 is 28.5 Å². The molecule has 1 heterocycles. The molecule has 1 fully saturated rings. The molecule has 160 valence electrons. The Hall–Kier alpha value is -2.46. The van der Waals surface area contributed by atoms with Crippen LogP contribution >= 0.6 is 0 Å². The van der Waals surface area contributed by atoms with Crippen LogP contribution in [0.15, 0.2) is 29.2 Å². The molecule has 0 saturated carbocycles. The SMILES string of the molecule is CC[C@@H](C)NC(=O)COC(=O)c1cccc(S(=O)(=O)N2CCN(C(C)=O)CC2)c1. The van der Waals surface area contributed by atoms with Crippen LogP contribution in [-0.2, 0) is 24.3 Å². The van der Waals surface area contributed by atoms with Crippen LogP contribution in [0.25, 0.3) is 0 Å². The predicted octanol–water partition coefficient (Wildman–Crippen LogP) is 0.611. The van der Waals surface area contributed by atoms with Crippen LogP contribution in [0, 0.1) is 0 Å². The standard InChI is InChI=1S/C19H27N3O6S/c1-4-14(2)20-18(24)13-28-19(25)16-6-5-7-17(12-16)29(26,27)22-10-8-21(9-11-22)15(3)23/h5-7,12,14H,4,8-11,13H2,1-3H3,(H,20,24)/t14-/m1/s1. The van der Waals surface area contributed by atoms with E-state index in [4.69, 9.17) is 4.74 Å². The molecule has 0 radical (unpaired) electrons. The van der Waals surface area contributed by atoms with Gasteiger partial charge in [-0.15, -0.1) is 0 Å². The van der Waals surface area contributed by atoms with E-state index in [-0.39, 0.29) is 35.5 Å². The normalized spacial score (nSPS) is 16.2. The smallest absolute Gasteiger partial charge is 0.338 e. The molecule has 29 heavy (non-hydrogen) atoms. The molecule has 1 N–H and O–H groups in total. The maximum Gasteiger partial charge on any atom is 0.338 e. The van der Waals surface area contributed by atoms with Gasteiger partial charge in [0.15, 0.2) is 6.61 Å². The third-order valence-corrected chi connectivity index (χ3v) is 6.64. The monoisotopic (exact) mass is 425 g/mol. The van der Waals surface area contributed by atoms with Gasteiger partial charge >= 0.3 is 5.97 Å². The Labute approximate surface area is 171 Å². The van der Waals surface area contributed by atoms with E-state index in [2.05, 4.69) is 5.32 Å². The van der Waals surface area contributed by atoms with Crippen molar-refractivity contribution in [1.82, 2.24) is 14.5 Å². The molecule has 1 aromatic rings. The molecule has 0 bridgehead atoms. The van der Waals surface area contributed by atoms with Gasteiger partial charge < -0.3 is 15.0 Å². The molecule has 2 rings (SSSR count). The fraction of sp³-hybridized carbons (Fsp3) is 0.526. The zero-order valence-electron chi connectivity index (χ0n) is 16.9. The number of nitrogens with one attached hydrogen (secondary N) is 1. The first-order chi connectivity index (χ1) is 13.6. The number of carbonyl (C=O) groups is 3. The summed E-state index contributed by atoms with van der Waals surface area (Å²) in [7, 11) is -3.81. The summed E-state index contributed by atoms with van der Waals surface area (Å²) in [6, 6.07) is 5.50. The third-order valence-electron chi connectivity index (χ3n) is 4.75. The minimum absolute atomic E-state index is 0.0295. The number of esters is 1. The van der Waals surface area contributed by atoms with Gasteiger partial charge in [0, 0.05) is 39.1 Å². The molecule has 0 unspecified atom stereocenters. The van der Waals surface area contributed by atoms with Gasteiger partial charge in [-0.05, 0) is 31.5 Å². The number of piperazine rings is 1. The second-order valence-corrected chi connectivity index (χ2v) is 8.83. The molecule has 0 spiro atoms. The van der Waals surface area contributed by atoms with Crippen molar-refractivity contribution in [3.8, 4) is 0 Å². The van der Waals surface area contributed by atoms with E-state index in [1.54, 1.807) is 4.90 Å². The minimum Gasteiger partial charge on any atom is -0.452 e. The summed E-state index contributed by atoms with van der Waals surface area (Å²) in [5, 5.41) is 2.68. The van der Waals surface area contributed by atoms with Gasteiger partial charge in [-0.1, -0.05) is 13.0 Å². The first-order valence-electron chi connectivity index (χ1n) is 9.47. The quantitative estimate of drug-likeness (QED) is 0.641. The fourth-order valence-corrected chi connectivity index (χ4v) is 4.28. The summed E-state index contributed by atoms with van der Waals surface area (Å²) in [5.74, 6) is -1.29. The second-order valence-electron chi connectivity index (χ2n) is 6.89. The van der Waals surface area contributed by atoms with E-state index in [0.29, 0.717) is 13.1 Å². The van der Waals surface area contributed by atoms with Crippen LogP contribution in [0.1, 0.15) is 37.6 Å². The summed E-state index contributed by atoms with van der Waals surface area (Å²) >= 11 is 0. The van der Waals surface area contributed by atoms with Crippen molar-refractivity contribution in [1.29, 1.82) is 0 Å². The van der Waals surface area contributed by atoms with E-state index in [1.807, 2.05) is 13.8 Å². The van der Waals surface area contributed by atoms with Crippen LogP contribution in [0.5, 0.6) is 0 Å². The van der Waals surface area contributed by atoms with Crippen molar-refractivity contribution in [3.63, 3.8) is 0 Å². The van der Waals surface area contributed by atoms with Gasteiger partial charge in [-0.2, -0.15) is 4.31 Å². The second kappa shape index (κ2) is 9.84. The number of amides is 2. The van der Waals surface area contributed by atoms with Crippen molar-refractivity contribution < 1.29 is 27.5 Å². The maximum atomic E-state index is 12.9. The Bertz CT molecular complexity index is 862. The van der Waals surface area contributed by atoms with Crippen LogP contribution in [-0.4, -0.2) is 74.2 Å². The van der Waals surface area contributed by atoms with Gasteiger partial charge in [0.1, 0.15) is 0 Å². The number of nitrogens with zero attached hydrogens (tertiary/aromatic N) is 2. The largest absolute Gasteiger partial charge is 0.452 e. The zero-order chi connectivity index (χ0) is 21.6. The Morgan fingerprint density at radius 1 is 1.17 bits per heavy atom. The lowest BCUT2D eigenvalue weighted by atomic mass is 10.2. The molecule has 10 heteroatoms. The van der Waals surface area contributed by atoms with Crippen LogP contribution in [0.3, 0.4) is 0 Å². The van der Waals surface area contributed by atoms with Crippen molar-refractivity contribution >= 4 is 27.8 Å². The number of hydrogen-bond acceptors (Lipinski definition) is 6. The number of benzene rings is 1. The molecular weight excluding hydrogens is 398 g/mol. The van der Waals surface area contributed by atoms with Crippen molar-refractivity contribution in [2.24, 2.45) is 0 Å². The zero-order valence-corrected chi connectivity index (χ0v) is 17.7. The van der Waals surface area contributed by atoms with Crippen LogP contribution in [0.4, 0.5) is 0 Å². The van der Waals surface area contributed by atoms with Crippen LogP contribution < -0.4 is 5.32 Å². The summed E-state index contributed by atoms with van der Waals surface area (Å²) in [6.45, 7) is 5.78. The number of rotatable bonds is 7. The van der Waals surface area contributed by atoms with E-state index >= 15 is 0 Å². The van der Waals surface area contributed by atoms with Gasteiger partial charge in [0.25, 0.3) is 5.91 Å². The highest BCUT2D eigenvalue weighted by molar-refractivity contribution is 7.89. The number of ether oxygens (including phenoxy) is 1. The highest BCUT2D eigenvalue weighted by atomic mass is 32.2. The molecule has 0 aliphatic carbocycles. The van der Waals surface area contributed by atoms with Gasteiger partial charge in [-0.25, -0.2) is 13.2 Å². The third kappa shape index (κ3) is 6.01. The molecular formula is C19H27N3O6S. The van der Waals surface area contributed by atoms with E-state index in [1.165, 1.54) is 35.5 Å². The number of sulfonamides is 1. The first kappa shape index (κ1) is 22.8. The fourth-order valence-electron chi connectivity index (χ4n) is 2.81. The Morgan fingerprint density at radius 3 is 2.41 bits per heavy atom. The highest BCUT2D eigenvalue weighted by Crippen LogP contribution is 2.19. The summed E-state index contributed by atoms with van der Waals surface area (Å²) in [5.41, 5.74) is 0.0461. The first-order valence-corrected chi connectivity index (χ1v) is 10.9. The lowest BCUT2D eigenvalue weighted by molar-refractivity contribution is -0.130. The molecule has 1 aliphatic rings. The highest BCUT2D eigenvalue weighted by Gasteiger charge is 2.29. The molecule has 1 aromatic carbocycles. The van der Waals surface area contributed by atoms with Crippen molar-refractivity contribution in [2.75, 3.05) is 32.8 Å². The maximum absolute atomic E-state index is 12.9. The summed E-state index contributed by atoms with van der Waals surface area (Å²) < 4.78 is 32.0. The lowest BCUT2D eigenvalue weighted by Crippen LogP contribution is -2.49. The predicted molar refractivity (Wildman–Crippen MR) is 106 cm³/mol. The van der Waals surface area contributed by atoms with Crippen molar-refractivity contribution in [3.05, 3.63) is 29.8 Å². The number of carbonyl (C=O) groups excluding carboxylic acids is 3. The van der Waals surface area contributed by atoms with Crippen molar-refractivity contribution in [2.45, 2.75) is 38.1 Å². The number of hydrogen-bond donors (Lipinski definition) is 1. The lowest BCUT2D eigenvalue weighted by Gasteiger charge is -2.33. The van der Waals surface area contributed by atoms with Crippen LogP contribution in [0.2, 0.25) is 0 Å². The molecule has 1 saturated heterocycles. The topological polar surface area (TPSA) is 113 Å². The van der Waals surface area contributed by atoms with Gasteiger partial charge in [0.2, 0.25) is 15.9 Å². The molecule has 1 aliphatic heterocycles. The van der Waals surface area contributed by atoms with Gasteiger partial charge in [0.05, 0.1) is 10.5 Å². The average molecular weight is 426 g/mol.